The predicted molar refractivity (Wildman–Crippen MR) is 131 cm³/mol. The third kappa shape index (κ3) is 4.41. The number of hydrogen-bond donors (Lipinski definition) is 2. The molecule has 3 heterocycles. The van der Waals surface area contributed by atoms with E-state index < -0.39 is 5.41 Å². The topological polar surface area (TPSA) is 121 Å². The molecule has 174 valence electrons. The van der Waals surface area contributed by atoms with E-state index in [1.54, 1.807) is 18.0 Å². The number of aromatic amines is 1. The van der Waals surface area contributed by atoms with Crippen molar-refractivity contribution in [1.29, 1.82) is 5.26 Å². The van der Waals surface area contributed by atoms with Crippen molar-refractivity contribution < 1.29 is 4.74 Å². The third-order valence-corrected chi connectivity index (χ3v) is 5.54. The second-order valence-electron chi connectivity index (χ2n) is 8.56. The summed E-state index contributed by atoms with van der Waals surface area (Å²) in [5, 5.41) is 24.1. The van der Waals surface area contributed by atoms with E-state index in [1.807, 2.05) is 76.3 Å². The van der Waals surface area contributed by atoms with Gasteiger partial charge in [0, 0.05) is 43.3 Å². The van der Waals surface area contributed by atoms with E-state index in [-0.39, 0.29) is 0 Å². The minimum Gasteiger partial charge on any atom is -0.491 e. The quantitative estimate of drug-likeness (QED) is 0.423. The molecule has 0 saturated carbocycles. The molecule has 4 aromatic rings. The van der Waals surface area contributed by atoms with Gasteiger partial charge in [-0.05, 0) is 38.5 Å². The Morgan fingerprint density at radius 1 is 1.21 bits per heavy atom. The summed E-state index contributed by atoms with van der Waals surface area (Å²) < 4.78 is 7.42. The van der Waals surface area contributed by atoms with Crippen LogP contribution in [0.25, 0.3) is 11.3 Å². The minimum absolute atomic E-state index is 0.460. The number of nitrogens with zero attached hydrogens (tertiary/aromatic N) is 7. The normalized spacial score (nSPS) is 11.2. The molecule has 3 aromatic heterocycles. The number of rotatable bonds is 7. The molecule has 0 bridgehead atoms. The van der Waals surface area contributed by atoms with E-state index in [0.717, 1.165) is 22.5 Å². The van der Waals surface area contributed by atoms with E-state index in [1.165, 1.54) is 0 Å². The van der Waals surface area contributed by atoms with Crippen LogP contribution in [0.1, 0.15) is 25.1 Å². The average molecular weight is 458 g/mol. The summed E-state index contributed by atoms with van der Waals surface area (Å²) in [7, 11) is 5.32. The Bertz CT molecular complexity index is 1350. The number of H-pyrrole nitrogens is 1. The molecule has 0 aliphatic heterocycles. The molecule has 0 radical (unpaired) electrons. The van der Waals surface area contributed by atoms with Gasteiger partial charge in [0.25, 0.3) is 0 Å². The smallest absolute Gasteiger partial charge is 0.232 e. The van der Waals surface area contributed by atoms with Gasteiger partial charge in [-0.25, -0.2) is 4.98 Å². The summed E-state index contributed by atoms with van der Waals surface area (Å²) in [4.78, 5) is 11.4. The van der Waals surface area contributed by atoms with E-state index in [9.17, 15) is 5.26 Å². The maximum absolute atomic E-state index is 9.43. The molecule has 2 N–H and O–H groups in total. The number of aryl methyl sites for hydroxylation is 2. The highest BCUT2D eigenvalue weighted by molar-refractivity contribution is 5.77. The molecule has 0 aliphatic carbocycles. The maximum Gasteiger partial charge on any atom is 0.232 e. The highest BCUT2D eigenvalue weighted by Gasteiger charge is 2.23. The van der Waals surface area contributed by atoms with Gasteiger partial charge in [-0.3, -0.25) is 9.78 Å². The Kier molecular flexibility index (Phi) is 5.94. The summed E-state index contributed by atoms with van der Waals surface area (Å²) in [5.74, 6) is 2.04. The van der Waals surface area contributed by atoms with Crippen LogP contribution in [0.4, 0.5) is 23.3 Å². The third-order valence-electron chi connectivity index (χ3n) is 5.54. The SMILES string of the molecule is COc1c(Nc2cc(C)[nH]n2)nc(N(C)c2ccc(C(C)(C)C#N)cc2)nc1-c1cnn(C)c1. The highest BCUT2D eigenvalue weighted by atomic mass is 16.5. The lowest BCUT2D eigenvalue weighted by Gasteiger charge is -2.22. The lowest BCUT2D eigenvalue weighted by Crippen LogP contribution is -2.17. The fourth-order valence-corrected chi connectivity index (χ4v) is 3.49. The number of methoxy groups -OCH3 is 1. The summed E-state index contributed by atoms with van der Waals surface area (Å²) >= 11 is 0. The first kappa shape index (κ1) is 22.8. The molecule has 0 fully saturated rings. The van der Waals surface area contributed by atoms with Crippen LogP contribution >= 0.6 is 0 Å². The first-order valence-corrected chi connectivity index (χ1v) is 10.7. The maximum atomic E-state index is 9.43. The standard InChI is InChI=1S/C24H27N9O/c1-15-11-19(31-30-15)27-22-21(34-6)20(16-12-26-32(4)13-16)28-23(29-22)33(5)18-9-7-17(8-10-18)24(2,3)14-25/h7-13H,1-6H3,(H2,27,28,29,30,31). The fourth-order valence-electron chi connectivity index (χ4n) is 3.49. The predicted octanol–water partition coefficient (Wildman–Crippen LogP) is 4.23. The van der Waals surface area contributed by atoms with Crippen LogP contribution in [0.15, 0.2) is 42.7 Å². The van der Waals surface area contributed by atoms with Crippen LogP contribution in [0, 0.1) is 18.3 Å². The minimum atomic E-state index is -0.569. The van der Waals surface area contributed by atoms with Crippen molar-refractivity contribution in [2.24, 2.45) is 7.05 Å². The van der Waals surface area contributed by atoms with Crippen molar-refractivity contribution in [1.82, 2.24) is 29.9 Å². The van der Waals surface area contributed by atoms with Gasteiger partial charge >= 0.3 is 0 Å². The van der Waals surface area contributed by atoms with Gasteiger partial charge < -0.3 is 15.0 Å². The second kappa shape index (κ2) is 8.86. The van der Waals surface area contributed by atoms with Gasteiger partial charge in [0.05, 0.1) is 24.8 Å². The van der Waals surface area contributed by atoms with Gasteiger partial charge in [0.1, 0.15) is 5.69 Å². The molecule has 0 aliphatic rings. The number of aromatic nitrogens is 6. The van der Waals surface area contributed by atoms with Crippen LogP contribution < -0.4 is 15.0 Å². The van der Waals surface area contributed by atoms with Gasteiger partial charge in [0.15, 0.2) is 17.4 Å². The highest BCUT2D eigenvalue weighted by Crippen LogP contribution is 2.37. The fraction of sp³-hybridized carbons (Fsp3) is 0.292. The Morgan fingerprint density at radius 2 is 1.94 bits per heavy atom. The molecule has 4 rings (SSSR count). The van der Waals surface area contributed by atoms with E-state index in [0.29, 0.717) is 29.0 Å². The van der Waals surface area contributed by atoms with Crippen molar-refractivity contribution in [2.75, 3.05) is 24.4 Å². The van der Waals surface area contributed by atoms with Crippen molar-refractivity contribution >= 4 is 23.3 Å². The molecule has 1 aromatic carbocycles. The molecule has 0 spiro atoms. The van der Waals surface area contributed by atoms with Gasteiger partial charge in [-0.1, -0.05) is 12.1 Å². The monoisotopic (exact) mass is 457 g/mol. The molecule has 0 amide bonds. The summed E-state index contributed by atoms with van der Waals surface area (Å²) in [6.45, 7) is 5.72. The van der Waals surface area contributed by atoms with Crippen molar-refractivity contribution in [3.8, 4) is 23.1 Å². The summed E-state index contributed by atoms with van der Waals surface area (Å²) in [6, 6.07) is 12.0. The number of anilines is 4. The zero-order valence-corrected chi connectivity index (χ0v) is 20.1. The van der Waals surface area contributed by atoms with Crippen LogP contribution in [0.2, 0.25) is 0 Å². The molecule has 0 atom stereocenters. The number of ether oxygens (including phenoxy) is 1. The van der Waals surface area contributed by atoms with Gasteiger partial charge in [0.2, 0.25) is 5.95 Å². The van der Waals surface area contributed by atoms with Gasteiger partial charge in [-0.2, -0.15) is 20.4 Å². The van der Waals surface area contributed by atoms with E-state index >= 15 is 0 Å². The zero-order valence-electron chi connectivity index (χ0n) is 20.1. The first-order valence-electron chi connectivity index (χ1n) is 10.7. The molecule has 0 saturated heterocycles. The lowest BCUT2D eigenvalue weighted by molar-refractivity contribution is 0.415. The Hall–Kier alpha value is -4.39. The summed E-state index contributed by atoms with van der Waals surface area (Å²) in [5.41, 5.74) is 3.56. The van der Waals surface area contributed by atoms with Crippen LogP contribution in [-0.4, -0.2) is 44.1 Å². The average Bonchev–Trinajstić information content (AvgIpc) is 3.45. The number of hydrogen-bond acceptors (Lipinski definition) is 8. The molecule has 0 unspecified atom stereocenters. The largest absolute Gasteiger partial charge is 0.491 e. The molecule has 34 heavy (non-hydrogen) atoms. The van der Waals surface area contributed by atoms with Gasteiger partial charge in [-0.15, -0.1) is 0 Å². The van der Waals surface area contributed by atoms with Crippen molar-refractivity contribution in [3.05, 3.63) is 54.0 Å². The Labute approximate surface area is 198 Å². The first-order chi connectivity index (χ1) is 16.2. The van der Waals surface area contributed by atoms with E-state index in [2.05, 4.69) is 26.7 Å². The van der Waals surface area contributed by atoms with Crippen LogP contribution in [0.5, 0.6) is 5.75 Å². The Morgan fingerprint density at radius 3 is 2.50 bits per heavy atom. The number of benzene rings is 1. The van der Waals surface area contributed by atoms with Crippen LogP contribution in [-0.2, 0) is 12.5 Å². The zero-order chi connectivity index (χ0) is 24.5. The molecule has 10 heteroatoms. The number of nitrogens with one attached hydrogen (secondary N) is 2. The van der Waals surface area contributed by atoms with E-state index in [4.69, 9.17) is 14.7 Å². The van der Waals surface area contributed by atoms with Crippen molar-refractivity contribution in [2.45, 2.75) is 26.2 Å². The molecule has 10 nitrogen and oxygen atoms in total. The molecular weight excluding hydrogens is 430 g/mol. The second-order valence-corrected chi connectivity index (χ2v) is 8.56. The van der Waals surface area contributed by atoms with Crippen molar-refractivity contribution in [3.63, 3.8) is 0 Å². The molecular formula is C24H27N9O. The van der Waals surface area contributed by atoms with Crippen LogP contribution in [0.3, 0.4) is 0 Å². The summed E-state index contributed by atoms with van der Waals surface area (Å²) in [6.07, 6.45) is 3.60. The Balaban J connectivity index is 1.80. The lowest BCUT2D eigenvalue weighted by atomic mass is 9.86. The number of nitriles is 1.